The molecule has 0 aliphatic carbocycles. The molecule has 1 saturated heterocycles. The first-order valence-electron chi connectivity index (χ1n) is 6.09. The van der Waals surface area contributed by atoms with Crippen molar-refractivity contribution >= 4 is 17.8 Å². The zero-order valence-corrected chi connectivity index (χ0v) is 10.5. The molecule has 0 aromatic heterocycles. The standard InChI is InChI=1S/C14H15NO4/c1-9(10-5-3-2-4-6-10)11-7-12(16)15(14(11)19)8-13(17)18/h2-6,9,11H,7-8H2,1H3,(H,17,18)/p-1/t9-,11+/m0/s1. The van der Waals surface area contributed by atoms with E-state index >= 15 is 0 Å². The molecule has 1 heterocycles. The Morgan fingerprint density at radius 2 is 2.00 bits per heavy atom. The van der Waals surface area contributed by atoms with Gasteiger partial charge in [-0.05, 0) is 11.5 Å². The molecule has 0 N–H and O–H groups in total. The van der Waals surface area contributed by atoms with Gasteiger partial charge in [0.05, 0.1) is 18.4 Å². The number of carbonyl (C=O) groups excluding carboxylic acids is 3. The highest BCUT2D eigenvalue weighted by molar-refractivity contribution is 6.05. The number of carbonyl (C=O) groups is 3. The molecule has 1 fully saturated rings. The molecule has 2 atom stereocenters. The third-order valence-electron chi connectivity index (χ3n) is 3.49. The van der Waals surface area contributed by atoms with E-state index in [9.17, 15) is 19.5 Å². The number of likely N-dealkylation sites (tertiary alicyclic amines) is 1. The minimum absolute atomic E-state index is 0.0577. The van der Waals surface area contributed by atoms with E-state index in [-0.39, 0.29) is 12.3 Å². The smallest absolute Gasteiger partial charge is 0.233 e. The number of amides is 2. The normalized spacial score (nSPS) is 20.7. The van der Waals surface area contributed by atoms with Gasteiger partial charge in [0.2, 0.25) is 11.8 Å². The number of carboxylic acid groups (broad SMARTS) is 1. The first-order chi connectivity index (χ1) is 9.00. The van der Waals surface area contributed by atoms with E-state index in [1.165, 1.54) is 0 Å². The average molecular weight is 260 g/mol. The van der Waals surface area contributed by atoms with Crippen LogP contribution in [-0.4, -0.2) is 29.2 Å². The summed E-state index contributed by atoms with van der Waals surface area (Å²) in [6.45, 7) is 1.21. The molecular weight excluding hydrogens is 246 g/mol. The third-order valence-corrected chi connectivity index (χ3v) is 3.49. The summed E-state index contributed by atoms with van der Waals surface area (Å²) in [4.78, 5) is 35.1. The van der Waals surface area contributed by atoms with E-state index in [1.54, 1.807) is 0 Å². The van der Waals surface area contributed by atoms with Crippen LogP contribution in [0, 0.1) is 5.92 Å². The van der Waals surface area contributed by atoms with E-state index in [0.717, 1.165) is 10.5 Å². The number of hydrogen-bond acceptors (Lipinski definition) is 4. The van der Waals surface area contributed by atoms with E-state index in [4.69, 9.17) is 0 Å². The van der Waals surface area contributed by atoms with E-state index in [0.29, 0.717) is 0 Å². The molecule has 2 amide bonds. The quantitative estimate of drug-likeness (QED) is 0.709. The second kappa shape index (κ2) is 5.22. The summed E-state index contributed by atoms with van der Waals surface area (Å²) in [6.07, 6.45) is 0.0577. The van der Waals surface area contributed by atoms with Gasteiger partial charge in [0.1, 0.15) is 0 Å². The Hall–Kier alpha value is -2.17. The van der Waals surface area contributed by atoms with Crippen LogP contribution in [0.5, 0.6) is 0 Å². The lowest BCUT2D eigenvalue weighted by Crippen LogP contribution is -2.41. The molecule has 100 valence electrons. The van der Waals surface area contributed by atoms with Crippen LogP contribution >= 0.6 is 0 Å². The Kier molecular flexibility index (Phi) is 3.64. The molecule has 1 aromatic rings. The van der Waals surface area contributed by atoms with Crippen LogP contribution in [0.15, 0.2) is 30.3 Å². The predicted octanol–water partition coefficient (Wildman–Crippen LogP) is -0.0849. The summed E-state index contributed by atoms with van der Waals surface area (Å²) in [5, 5.41) is 10.5. The number of hydrogen-bond donors (Lipinski definition) is 0. The van der Waals surface area contributed by atoms with Crippen LogP contribution < -0.4 is 5.11 Å². The fourth-order valence-corrected chi connectivity index (χ4v) is 2.38. The second-order valence-electron chi connectivity index (χ2n) is 4.70. The lowest BCUT2D eigenvalue weighted by Gasteiger charge is -2.19. The van der Waals surface area contributed by atoms with Gasteiger partial charge >= 0.3 is 0 Å². The molecule has 0 spiro atoms. The Balaban J connectivity index is 2.17. The summed E-state index contributed by atoms with van der Waals surface area (Å²) in [7, 11) is 0. The van der Waals surface area contributed by atoms with Gasteiger partial charge in [0.15, 0.2) is 0 Å². The maximum Gasteiger partial charge on any atom is 0.233 e. The van der Waals surface area contributed by atoms with Crippen molar-refractivity contribution in [3.05, 3.63) is 35.9 Å². The molecule has 0 radical (unpaired) electrons. The van der Waals surface area contributed by atoms with Gasteiger partial charge in [-0.25, -0.2) is 0 Å². The molecule has 19 heavy (non-hydrogen) atoms. The fourth-order valence-electron chi connectivity index (χ4n) is 2.38. The van der Waals surface area contributed by atoms with Crippen molar-refractivity contribution in [3.63, 3.8) is 0 Å². The Morgan fingerprint density at radius 1 is 1.37 bits per heavy atom. The van der Waals surface area contributed by atoms with Crippen LogP contribution in [0.3, 0.4) is 0 Å². The fraction of sp³-hybridized carbons (Fsp3) is 0.357. The molecular formula is C14H14NO4-. The molecule has 0 saturated carbocycles. The third kappa shape index (κ3) is 2.65. The maximum absolute atomic E-state index is 12.1. The molecule has 0 bridgehead atoms. The number of aliphatic carboxylic acids is 1. The van der Waals surface area contributed by atoms with E-state index in [2.05, 4.69) is 0 Å². The number of carboxylic acids is 1. The Labute approximate surface area is 110 Å². The number of nitrogens with zero attached hydrogens (tertiary/aromatic N) is 1. The molecule has 0 unspecified atom stereocenters. The number of imide groups is 1. The zero-order chi connectivity index (χ0) is 14.0. The average Bonchev–Trinajstić information content (AvgIpc) is 2.66. The van der Waals surface area contributed by atoms with Gasteiger partial charge in [-0.1, -0.05) is 37.3 Å². The van der Waals surface area contributed by atoms with Gasteiger partial charge in [0.25, 0.3) is 0 Å². The second-order valence-corrected chi connectivity index (χ2v) is 4.70. The van der Waals surface area contributed by atoms with Crippen molar-refractivity contribution in [1.29, 1.82) is 0 Å². The van der Waals surface area contributed by atoms with Crippen LogP contribution in [0.25, 0.3) is 0 Å². The molecule has 1 aliphatic rings. The van der Waals surface area contributed by atoms with Crippen LogP contribution in [-0.2, 0) is 14.4 Å². The Bertz CT molecular complexity index is 511. The lowest BCUT2D eigenvalue weighted by atomic mass is 9.86. The summed E-state index contributed by atoms with van der Waals surface area (Å²) in [5.41, 5.74) is 0.962. The van der Waals surface area contributed by atoms with Gasteiger partial charge in [-0.2, -0.15) is 0 Å². The molecule has 5 heteroatoms. The van der Waals surface area contributed by atoms with Crippen molar-refractivity contribution < 1.29 is 19.5 Å². The molecule has 5 nitrogen and oxygen atoms in total. The highest BCUT2D eigenvalue weighted by Crippen LogP contribution is 2.33. The van der Waals surface area contributed by atoms with Crippen molar-refractivity contribution in [2.24, 2.45) is 5.92 Å². The highest BCUT2D eigenvalue weighted by atomic mass is 16.4. The Morgan fingerprint density at radius 3 is 2.58 bits per heavy atom. The molecule has 2 rings (SSSR count). The highest BCUT2D eigenvalue weighted by Gasteiger charge is 2.41. The van der Waals surface area contributed by atoms with E-state index < -0.39 is 30.2 Å². The minimum Gasteiger partial charge on any atom is -0.548 e. The first-order valence-corrected chi connectivity index (χ1v) is 6.09. The van der Waals surface area contributed by atoms with Gasteiger partial charge in [-0.3, -0.25) is 14.5 Å². The monoisotopic (exact) mass is 260 g/mol. The maximum atomic E-state index is 12.1. The number of rotatable bonds is 4. The van der Waals surface area contributed by atoms with Crippen LogP contribution in [0.1, 0.15) is 24.8 Å². The predicted molar refractivity (Wildman–Crippen MR) is 64.7 cm³/mol. The zero-order valence-electron chi connectivity index (χ0n) is 10.5. The van der Waals surface area contributed by atoms with Crippen LogP contribution in [0.2, 0.25) is 0 Å². The molecule has 1 aromatic carbocycles. The molecule has 1 aliphatic heterocycles. The summed E-state index contributed by atoms with van der Waals surface area (Å²) < 4.78 is 0. The summed E-state index contributed by atoms with van der Waals surface area (Å²) in [6, 6.07) is 9.39. The summed E-state index contributed by atoms with van der Waals surface area (Å²) in [5.74, 6) is -2.90. The van der Waals surface area contributed by atoms with Crippen LogP contribution in [0.4, 0.5) is 0 Å². The summed E-state index contributed by atoms with van der Waals surface area (Å²) >= 11 is 0. The number of benzene rings is 1. The van der Waals surface area contributed by atoms with E-state index in [1.807, 2.05) is 37.3 Å². The van der Waals surface area contributed by atoms with Crippen molar-refractivity contribution in [3.8, 4) is 0 Å². The van der Waals surface area contributed by atoms with Crippen molar-refractivity contribution in [1.82, 2.24) is 4.90 Å². The first kappa shape index (κ1) is 13.3. The van der Waals surface area contributed by atoms with Crippen molar-refractivity contribution in [2.75, 3.05) is 6.54 Å². The topological polar surface area (TPSA) is 77.5 Å². The largest absolute Gasteiger partial charge is 0.548 e. The SMILES string of the molecule is C[C@@H](c1ccccc1)[C@H]1CC(=O)N(CC(=O)[O-])C1=O. The minimum atomic E-state index is -1.42. The van der Waals surface area contributed by atoms with Gasteiger partial charge in [0, 0.05) is 6.42 Å². The van der Waals surface area contributed by atoms with Crippen molar-refractivity contribution in [2.45, 2.75) is 19.3 Å². The lowest BCUT2D eigenvalue weighted by molar-refractivity contribution is -0.305. The van der Waals surface area contributed by atoms with Gasteiger partial charge in [-0.15, -0.1) is 0 Å². The van der Waals surface area contributed by atoms with Gasteiger partial charge < -0.3 is 9.90 Å².